The Hall–Kier alpha value is -1.87. The number of rotatable bonds is 10. The summed E-state index contributed by atoms with van der Waals surface area (Å²) >= 11 is 0. The van der Waals surface area contributed by atoms with Gasteiger partial charge in [0.15, 0.2) is 0 Å². The predicted molar refractivity (Wildman–Crippen MR) is 120 cm³/mol. The smallest absolute Gasteiger partial charge is 0.460 e. The summed E-state index contributed by atoms with van der Waals surface area (Å²) in [5.74, 6) is -14.9. The van der Waals surface area contributed by atoms with E-state index in [-0.39, 0.29) is 41.6 Å². The Labute approximate surface area is 208 Å². The van der Waals surface area contributed by atoms with Gasteiger partial charge in [0.05, 0.1) is 6.61 Å². The maximum atomic E-state index is 14.4. The Morgan fingerprint density at radius 2 is 1.49 bits per heavy atom. The molecule has 3 rings (SSSR count). The maximum absolute atomic E-state index is 14.4. The zero-order valence-electron chi connectivity index (χ0n) is 19.3. The van der Waals surface area contributed by atoms with Crippen LogP contribution in [0.5, 0.6) is 5.75 Å². The van der Waals surface area contributed by atoms with Crippen LogP contribution in [0.25, 0.3) is 10.8 Å². The van der Waals surface area contributed by atoms with Gasteiger partial charge in [-0.2, -0.15) is 47.9 Å². The van der Waals surface area contributed by atoms with Gasteiger partial charge >= 0.3 is 33.4 Å². The third-order valence-electron chi connectivity index (χ3n) is 5.83. The predicted octanol–water partition coefficient (Wildman–Crippen LogP) is 7.66. The van der Waals surface area contributed by atoms with Gasteiger partial charge in [-0.3, -0.25) is 0 Å². The second-order valence-corrected chi connectivity index (χ2v) is 13.3. The average Bonchev–Trinajstić information content (AvgIpc) is 3.27. The lowest BCUT2D eigenvalue weighted by molar-refractivity contribution is -0.382. The van der Waals surface area contributed by atoms with Gasteiger partial charge in [0.25, 0.3) is 0 Å². The fraction of sp³-hybridized carbons (Fsp3) is 0.545. The van der Waals surface area contributed by atoms with E-state index in [0.717, 1.165) is 6.42 Å². The Kier molecular flexibility index (Phi) is 8.04. The lowest BCUT2D eigenvalue weighted by Gasteiger charge is -2.38. The summed E-state index contributed by atoms with van der Waals surface area (Å²) in [6.07, 6.45) is -5.33. The van der Waals surface area contributed by atoms with Crippen molar-refractivity contribution in [3.63, 3.8) is 0 Å². The van der Waals surface area contributed by atoms with Gasteiger partial charge in [0, 0.05) is 21.8 Å². The Morgan fingerprint density at radius 1 is 0.892 bits per heavy atom. The molecule has 0 aliphatic carbocycles. The van der Waals surface area contributed by atoms with Gasteiger partial charge in [-0.05, 0) is 36.8 Å². The molecule has 0 radical (unpaired) electrons. The fourth-order valence-corrected chi connectivity index (χ4v) is 9.45. The number of hydrogen-bond donors (Lipinski definition) is 0. The SMILES string of the molecule is CCCCOc1cc(S2(OS(=O)(=O)C(F)(F)C(F)(F)C(F)(F)C(F)(F)F)CCCC2)cc2ccccc12. The molecule has 0 aromatic heterocycles. The van der Waals surface area contributed by atoms with E-state index in [4.69, 9.17) is 4.74 Å². The summed E-state index contributed by atoms with van der Waals surface area (Å²) in [6, 6.07) is 9.26. The van der Waals surface area contributed by atoms with Gasteiger partial charge < -0.3 is 4.74 Å². The van der Waals surface area contributed by atoms with Gasteiger partial charge in [-0.15, -0.1) is 0 Å². The normalized spacial score (nSPS) is 18.2. The summed E-state index contributed by atoms with van der Waals surface area (Å²) in [7, 11) is -10.4. The second kappa shape index (κ2) is 10.0. The van der Waals surface area contributed by atoms with Crippen LogP contribution in [0.2, 0.25) is 0 Å². The number of halogens is 9. The minimum Gasteiger partial charge on any atom is -0.493 e. The molecule has 1 saturated heterocycles. The zero-order valence-corrected chi connectivity index (χ0v) is 20.9. The summed E-state index contributed by atoms with van der Waals surface area (Å²) < 4.78 is 156. The highest BCUT2D eigenvalue weighted by Crippen LogP contribution is 2.66. The molecule has 0 saturated carbocycles. The molecular formula is C22H23F9O4S2. The molecule has 1 aliphatic heterocycles. The third kappa shape index (κ3) is 5.10. The first-order valence-corrected chi connectivity index (χ1v) is 14.3. The van der Waals surface area contributed by atoms with Crippen molar-refractivity contribution in [1.82, 2.24) is 0 Å². The number of unbranched alkanes of at least 4 members (excludes halogenated alkanes) is 1. The molecule has 0 unspecified atom stereocenters. The van der Waals surface area contributed by atoms with E-state index in [2.05, 4.69) is 3.63 Å². The second-order valence-electron chi connectivity index (χ2n) is 8.46. The van der Waals surface area contributed by atoms with Crippen LogP contribution >= 0.6 is 10.3 Å². The first kappa shape index (κ1) is 29.7. The number of hydrogen-bond acceptors (Lipinski definition) is 4. The summed E-state index contributed by atoms with van der Waals surface area (Å²) in [5, 5.41) is -5.87. The zero-order chi connectivity index (χ0) is 27.9. The van der Waals surface area contributed by atoms with Crippen LogP contribution in [0, 0.1) is 0 Å². The van der Waals surface area contributed by atoms with Crippen LogP contribution in [0.3, 0.4) is 0 Å². The largest absolute Gasteiger partial charge is 0.493 e. The molecular weight excluding hydrogens is 563 g/mol. The molecule has 0 N–H and O–H groups in total. The van der Waals surface area contributed by atoms with Crippen molar-refractivity contribution in [2.24, 2.45) is 0 Å². The van der Waals surface area contributed by atoms with E-state index in [1.165, 1.54) is 12.1 Å². The van der Waals surface area contributed by atoms with E-state index in [9.17, 15) is 47.9 Å². The van der Waals surface area contributed by atoms with E-state index in [0.29, 0.717) is 17.2 Å². The molecule has 1 fully saturated rings. The maximum Gasteiger partial charge on any atom is 0.460 e. The van der Waals surface area contributed by atoms with Crippen LogP contribution in [-0.4, -0.2) is 49.8 Å². The number of alkyl halides is 9. The summed E-state index contributed by atoms with van der Waals surface area (Å²) in [5.41, 5.74) is 0. The molecule has 2 aromatic carbocycles. The molecule has 0 spiro atoms. The Morgan fingerprint density at radius 3 is 2.05 bits per heavy atom. The highest BCUT2D eigenvalue weighted by molar-refractivity contribution is 8.33. The average molecular weight is 587 g/mol. The highest BCUT2D eigenvalue weighted by Gasteiger charge is 2.86. The lowest BCUT2D eigenvalue weighted by Crippen LogP contribution is -2.63. The third-order valence-corrected chi connectivity index (χ3v) is 11.5. The van der Waals surface area contributed by atoms with Crippen molar-refractivity contribution < 1.29 is 56.3 Å². The minimum atomic E-state index is -7.36. The number of fused-ring (bicyclic) bond motifs is 1. The van der Waals surface area contributed by atoms with E-state index >= 15 is 0 Å². The molecule has 4 nitrogen and oxygen atoms in total. The highest BCUT2D eigenvalue weighted by atomic mass is 32.3. The topological polar surface area (TPSA) is 52.6 Å². The number of ether oxygens (including phenoxy) is 1. The van der Waals surface area contributed by atoms with Crippen molar-refractivity contribution in [1.29, 1.82) is 0 Å². The molecule has 0 amide bonds. The molecule has 210 valence electrons. The quantitative estimate of drug-likeness (QED) is 0.212. The molecule has 2 aromatic rings. The molecule has 1 heterocycles. The van der Waals surface area contributed by atoms with Crippen LogP contribution < -0.4 is 4.74 Å². The van der Waals surface area contributed by atoms with Crippen molar-refractivity contribution in [3.8, 4) is 5.75 Å². The van der Waals surface area contributed by atoms with Crippen LogP contribution in [-0.2, 0) is 13.7 Å². The molecule has 1 aliphatic rings. The van der Waals surface area contributed by atoms with Crippen molar-refractivity contribution in [3.05, 3.63) is 36.4 Å². The summed E-state index contributed by atoms with van der Waals surface area (Å²) in [6.45, 7) is 2.13. The molecule has 15 heteroatoms. The number of benzene rings is 2. The molecule has 0 bridgehead atoms. The van der Waals surface area contributed by atoms with Gasteiger partial charge in [-0.1, -0.05) is 47.9 Å². The molecule has 37 heavy (non-hydrogen) atoms. The van der Waals surface area contributed by atoms with E-state index in [1.54, 1.807) is 24.3 Å². The van der Waals surface area contributed by atoms with Gasteiger partial charge in [0.2, 0.25) is 0 Å². The van der Waals surface area contributed by atoms with E-state index < -0.39 is 43.7 Å². The van der Waals surface area contributed by atoms with Crippen molar-refractivity contribution >= 4 is 31.2 Å². The minimum absolute atomic E-state index is 0.000436. The lowest BCUT2D eigenvalue weighted by atomic mass is 10.1. The van der Waals surface area contributed by atoms with Crippen molar-refractivity contribution in [2.75, 3.05) is 18.1 Å². The molecule has 0 atom stereocenters. The van der Waals surface area contributed by atoms with Gasteiger partial charge in [-0.25, -0.2) is 3.63 Å². The fourth-order valence-electron chi connectivity index (χ4n) is 3.76. The summed E-state index contributed by atoms with van der Waals surface area (Å²) in [4.78, 5) is 0.000436. The Balaban J connectivity index is 2.10. The monoisotopic (exact) mass is 586 g/mol. The van der Waals surface area contributed by atoms with Crippen LogP contribution in [0.15, 0.2) is 41.3 Å². The first-order chi connectivity index (χ1) is 16.9. The van der Waals surface area contributed by atoms with Gasteiger partial charge in [0.1, 0.15) is 5.75 Å². The standard InChI is InChI=1S/C22H23F9O4S2/c1-2-3-10-34-18-14-16(13-15-8-4-5-9-17(15)18)36(11-6-7-12-36)35-37(32,33)22(30,31)20(25,26)19(23,24)21(27,28)29/h4-5,8-9,13-14H,2-3,6-7,10-12H2,1H3. The Bertz CT molecular complexity index is 1220. The van der Waals surface area contributed by atoms with E-state index in [1.807, 2.05) is 6.92 Å². The van der Waals surface area contributed by atoms with Crippen molar-refractivity contribution in [2.45, 2.75) is 60.8 Å². The van der Waals surface area contributed by atoms with Crippen LogP contribution in [0.4, 0.5) is 39.5 Å². The van der Waals surface area contributed by atoms with Crippen LogP contribution in [0.1, 0.15) is 32.6 Å². The first-order valence-electron chi connectivity index (χ1n) is 11.0.